The standard InChI is InChI=1S/C24H25NO2/c1-4-26-24-15-21(16-25-22-12-7-19(3)8-13-22)11-14-23(24)27-17-20-9-5-18(2)6-10-20/h5-16H,4,17H2,1-3H3. The van der Waals surface area contributed by atoms with E-state index < -0.39 is 0 Å². The van der Waals surface area contributed by atoms with Crippen molar-refractivity contribution >= 4 is 11.9 Å². The Hall–Kier alpha value is -3.07. The molecular formula is C24H25NO2. The van der Waals surface area contributed by atoms with Gasteiger partial charge in [0.05, 0.1) is 12.3 Å². The molecule has 0 heterocycles. The highest BCUT2D eigenvalue weighted by Crippen LogP contribution is 2.29. The van der Waals surface area contributed by atoms with Gasteiger partial charge in [0.25, 0.3) is 0 Å². The molecular weight excluding hydrogens is 334 g/mol. The second-order valence-corrected chi connectivity index (χ2v) is 6.51. The minimum absolute atomic E-state index is 0.511. The zero-order valence-electron chi connectivity index (χ0n) is 16.1. The van der Waals surface area contributed by atoms with Gasteiger partial charge >= 0.3 is 0 Å². The van der Waals surface area contributed by atoms with Crippen molar-refractivity contribution in [3.8, 4) is 11.5 Å². The fourth-order valence-electron chi connectivity index (χ4n) is 2.62. The SMILES string of the molecule is CCOc1cc(C=Nc2ccc(C)cc2)ccc1OCc1ccc(C)cc1. The van der Waals surface area contributed by atoms with Crippen LogP contribution in [0.5, 0.6) is 11.5 Å². The van der Waals surface area contributed by atoms with Gasteiger partial charge in [-0.3, -0.25) is 4.99 Å². The Bertz CT molecular complexity index is 897. The predicted molar refractivity (Wildman–Crippen MR) is 112 cm³/mol. The van der Waals surface area contributed by atoms with Gasteiger partial charge in [0, 0.05) is 6.21 Å². The van der Waals surface area contributed by atoms with Crippen LogP contribution < -0.4 is 9.47 Å². The van der Waals surface area contributed by atoms with Crippen molar-refractivity contribution in [1.29, 1.82) is 0 Å². The predicted octanol–water partition coefficient (Wildman–Crippen LogP) is 6.03. The first-order chi connectivity index (χ1) is 13.1. The van der Waals surface area contributed by atoms with Gasteiger partial charge in [-0.2, -0.15) is 0 Å². The number of ether oxygens (including phenoxy) is 2. The molecule has 0 aliphatic carbocycles. The van der Waals surface area contributed by atoms with E-state index in [0.717, 1.165) is 28.3 Å². The first kappa shape index (κ1) is 18.7. The maximum Gasteiger partial charge on any atom is 0.161 e. The van der Waals surface area contributed by atoms with Crippen LogP contribution in [0.1, 0.15) is 29.2 Å². The molecule has 3 aromatic rings. The van der Waals surface area contributed by atoms with Crippen molar-refractivity contribution in [3.63, 3.8) is 0 Å². The number of hydrogen-bond donors (Lipinski definition) is 0. The molecule has 3 rings (SSSR count). The molecule has 0 amide bonds. The molecule has 0 radical (unpaired) electrons. The highest BCUT2D eigenvalue weighted by atomic mass is 16.5. The molecule has 3 aromatic carbocycles. The van der Waals surface area contributed by atoms with Crippen molar-refractivity contribution in [2.75, 3.05) is 6.61 Å². The number of aryl methyl sites for hydroxylation is 2. The third-order valence-electron chi connectivity index (χ3n) is 4.18. The summed E-state index contributed by atoms with van der Waals surface area (Å²) in [5, 5.41) is 0. The fourth-order valence-corrected chi connectivity index (χ4v) is 2.62. The van der Waals surface area contributed by atoms with E-state index >= 15 is 0 Å². The van der Waals surface area contributed by atoms with Crippen LogP contribution in [0.2, 0.25) is 0 Å². The molecule has 0 atom stereocenters. The molecule has 138 valence electrons. The molecule has 27 heavy (non-hydrogen) atoms. The number of nitrogens with zero attached hydrogens (tertiary/aromatic N) is 1. The molecule has 3 nitrogen and oxygen atoms in total. The zero-order chi connectivity index (χ0) is 19.1. The van der Waals surface area contributed by atoms with E-state index in [1.165, 1.54) is 11.1 Å². The molecule has 0 aliphatic rings. The van der Waals surface area contributed by atoms with Crippen LogP contribution in [0.3, 0.4) is 0 Å². The average molecular weight is 359 g/mol. The second-order valence-electron chi connectivity index (χ2n) is 6.51. The van der Waals surface area contributed by atoms with Crippen LogP contribution in [0, 0.1) is 13.8 Å². The van der Waals surface area contributed by atoms with E-state index in [-0.39, 0.29) is 0 Å². The quantitative estimate of drug-likeness (QED) is 0.482. The van der Waals surface area contributed by atoms with E-state index in [2.05, 4.69) is 55.2 Å². The molecule has 0 aliphatic heterocycles. The van der Waals surface area contributed by atoms with E-state index in [9.17, 15) is 0 Å². The molecule has 0 spiro atoms. The zero-order valence-corrected chi connectivity index (χ0v) is 16.1. The van der Waals surface area contributed by atoms with Gasteiger partial charge < -0.3 is 9.47 Å². The lowest BCUT2D eigenvalue weighted by Gasteiger charge is -2.13. The molecule has 0 aromatic heterocycles. The summed E-state index contributed by atoms with van der Waals surface area (Å²) in [6, 6.07) is 22.4. The lowest BCUT2D eigenvalue weighted by molar-refractivity contribution is 0.269. The van der Waals surface area contributed by atoms with Crippen LogP contribution in [-0.4, -0.2) is 12.8 Å². The van der Waals surface area contributed by atoms with E-state index in [1.54, 1.807) is 0 Å². The Balaban J connectivity index is 1.73. The highest BCUT2D eigenvalue weighted by molar-refractivity contribution is 5.83. The summed E-state index contributed by atoms with van der Waals surface area (Å²) in [6.45, 7) is 7.21. The van der Waals surface area contributed by atoms with Crippen LogP contribution in [-0.2, 0) is 6.61 Å². The molecule has 0 fully saturated rings. The first-order valence-electron chi connectivity index (χ1n) is 9.20. The summed E-state index contributed by atoms with van der Waals surface area (Å²) in [7, 11) is 0. The number of hydrogen-bond acceptors (Lipinski definition) is 3. The van der Waals surface area contributed by atoms with Gasteiger partial charge in [-0.25, -0.2) is 0 Å². The van der Waals surface area contributed by atoms with Crippen LogP contribution in [0.15, 0.2) is 71.7 Å². The number of benzene rings is 3. The maximum atomic E-state index is 5.98. The Morgan fingerprint density at radius 2 is 1.44 bits per heavy atom. The highest BCUT2D eigenvalue weighted by Gasteiger charge is 2.06. The molecule has 0 bridgehead atoms. The summed E-state index contributed by atoms with van der Waals surface area (Å²) in [5.41, 5.74) is 5.50. The summed E-state index contributed by atoms with van der Waals surface area (Å²) >= 11 is 0. The monoisotopic (exact) mass is 359 g/mol. The number of aliphatic imine (C=N–C) groups is 1. The summed E-state index contributed by atoms with van der Waals surface area (Å²) < 4.78 is 11.7. The Labute approximate surface area is 161 Å². The van der Waals surface area contributed by atoms with Crippen LogP contribution >= 0.6 is 0 Å². The van der Waals surface area contributed by atoms with Gasteiger partial charge in [0.2, 0.25) is 0 Å². The third kappa shape index (κ3) is 5.45. The van der Waals surface area contributed by atoms with Crippen molar-refractivity contribution in [2.24, 2.45) is 4.99 Å². The smallest absolute Gasteiger partial charge is 0.161 e. The maximum absolute atomic E-state index is 5.98. The minimum Gasteiger partial charge on any atom is -0.490 e. The van der Waals surface area contributed by atoms with Gasteiger partial charge in [0.15, 0.2) is 11.5 Å². The lowest BCUT2D eigenvalue weighted by Crippen LogP contribution is -2.00. The summed E-state index contributed by atoms with van der Waals surface area (Å²) in [6.07, 6.45) is 1.84. The average Bonchev–Trinajstić information content (AvgIpc) is 2.68. The van der Waals surface area contributed by atoms with Gasteiger partial charge in [-0.05, 0) is 62.2 Å². The van der Waals surface area contributed by atoms with E-state index in [1.807, 2.05) is 43.5 Å². The molecule has 0 N–H and O–H groups in total. The van der Waals surface area contributed by atoms with E-state index in [0.29, 0.717) is 13.2 Å². The largest absolute Gasteiger partial charge is 0.490 e. The molecule has 0 unspecified atom stereocenters. The van der Waals surface area contributed by atoms with Gasteiger partial charge in [-0.15, -0.1) is 0 Å². The summed E-state index contributed by atoms with van der Waals surface area (Å²) in [4.78, 5) is 4.53. The van der Waals surface area contributed by atoms with Crippen molar-refractivity contribution in [3.05, 3.63) is 89.0 Å². The molecule has 0 saturated heterocycles. The molecule has 0 saturated carbocycles. The molecule has 3 heteroatoms. The van der Waals surface area contributed by atoms with Crippen molar-refractivity contribution in [1.82, 2.24) is 0 Å². The topological polar surface area (TPSA) is 30.8 Å². The third-order valence-corrected chi connectivity index (χ3v) is 4.18. The Morgan fingerprint density at radius 1 is 0.778 bits per heavy atom. The van der Waals surface area contributed by atoms with Crippen LogP contribution in [0.4, 0.5) is 5.69 Å². The first-order valence-corrected chi connectivity index (χ1v) is 9.20. The normalized spacial score (nSPS) is 10.9. The van der Waals surface area contributed by atoms with Crippen molar-refractivity contribution < 1.29 is 9.47 Å². The van der Waals surface area contributed by atoms with E-state index in [4.69, 9.17) is 9.47 Å². The Morgan fingerprint density at radius 3 is 2.11 bits per heavy atom. The summed E-state index contributed by atoms with van der Waals surface area (Å²) in [5.74, 6) is 1.47. The fraction of sp³-hybridized carbons (Fsp3) is 0.208. The van der Waals surface area contributed by atoms with Gasteiger partial charge in [-0.1, -0.05) is 47.5 Å². The lowest BCUT2D eigenvalue weighted by atomic mass is 10.1. The minimum atomic E-state index is 0.511. The van der Waals surface area contributed by atoms with Crippen LogP contribution in [0.25, 0.3) is 0 Å². The van der Waals surface area contributed by atoms with Crippen molar-refractivity contribution in [2.45, 2.75) is 27.4 Å². The Kier molecular flexibility index (Phi) is 6.26. The number of rotatable bonds is 7. The van der Waals surface area contributed by atoms with Gasteiger partial charge in [0.1, 0.15) is 6.61 Å². The second kappa shape index (κ2) is 9.04.